The molecule has 6 heteroatoms. The summed E-state index contributed by atoms with van der Waals surface area (Å²) in [5.41, 5.74) is -0.176. The Hall–Kier alpha value is -1.27. The Morgan fingerprint density at radius 3 is 2.29 bits per heavy atom. The quantitative estimate of drug-likeness (QED) is 0.394. The van der Waals surface area contributed by atoms with Crippen LogP contribution in [0.1, 0.15) is 10.4 Å². The zero-order valence-corrected chi connectivity index (χ0v) is 6.43. The first-order valence-corrected chi connectivity index (χ1v) is 3.34. The van der Waals surface area contributed by atoms with Gasteiger partial charge in [-0.15, -0.1) is 0 Å². The third-order valence-corrected chi connectivity index (χ3v) is 1.30. The molecular formula is C8H8MgO5. The van der Waals surface area contributed by atoms with E-state index in [1.165, 1.54) is 24.3 Å². The van der Waals surface area contributed by atoms with Crippen molar-refractivity contribution in [3.63, 3.8) is 0 Å². The molecule has 1 aromatic rings. The van der Waals surface area contributed by atoms with Crippen LogP contribution in [0.5, 0.6) is 5.75 Å². The van der Waals surface area contributed by atoms with E-state index < -0.39 is 12.1 Å². The number of aromatic hydroxyl groups is 1. The van der Waals surface area contributed by atoms with Crippen molar-refractivity contribution < 1.29 is 24.5 Å². The standard InChI is InChI=1S/C8H6O5.Mg.2H/c9-6-4-2-1-3-5(6)7(10)13-8(11)12;;;/h1-4,9H,(H,11,12);;;. The first kappa shape index (κ1) is 12.7. The number of carbonyl (C=O) groups excluding carboxylic acids is 1. The molecule has 0 bridgehead atoms. The highest BCUT2D eigenvalue weighted by molar-refractivity contribution is 5.97. The molecule has 0 atom stereocenters. The summed E-state index contributed by atoms with van der Waals surface area (Å²) in [6.45, 7) is 0. The van der Waals surface area contributed by atoms with E-state index in [0.717, 1.165) is 0 Å². The summed E-state index contributed by atoms with van der Waals surface area (Å²) in [7, 11) is 0. The van der Waals surface area contributed by atoms with E-state index >= 15 is 0 Å². The van der Waals surface area contributed by atoms with Gasteiger partial charge in [0, 0.05) is 0 Å². The number of rotatable bonds is 1. The molecule has 0 spiro atoms. The van der Waals surface area contributed by atoms with Crippen molar-refractivity contribution in [1.82, 2.24) is 0 Å². The Morgan fingerprint density at radius 2 is 1.79 bits per heavy atom. The Balaban J connectivity index is 0.00000169. The monoisotopic (exact) mass is 208 g/mol. The first-order valence-electron chi connectivity index (χ1n) is 3.34. The number of phenolic OH excluding ortho intramolecular Hbond substituents is 1. The molecule has 0 saturated heterocycles. The molecule has 0 aliphatic carbocycles. The van der Waals surface area contributed by atoms with E-state index in [1.807, 2.05) is 0 Å². The van der Waals surface area contributed by atoms with Crippen LogP contribution >= 0.6 is 0 Å². The molecular weight excluding hydrogens is 200 g/mol. The molecule has 0 unspecified atom stereocenters. The molecule has 5 nitrogen and oxygen atoms in total. The number of phenols is 1. The third kappa shape index (κ3) is 3.23. The minimum atomic E-state index is -1.70. The highest BCUT2D eigenvalue weighted by Crippen LogP contribution is 2.16. The third-order valence-electron chi connectivity index (χ3n) is 1.30. The molecule has 14 heavy (non-hydrogen) atoms. The topological polar surface area (TPSA) is 83.8 Å². The molecule has 0 heterocycles. The zero-order chi connectivity index (χ0) is 9.84. The van der Waals surface area contributed by atoms with Gasteiger partial charge in [0.15, 0.2) is 0 Å². The van der Waals surface area contributed by atoms with E-state index in [4.69, 9.17) is 10.2 Å². The highest BCUT2D eigenvalue weighted by atomic mass is 24.3. The van der Waals surface area contributed by atoms with Crippen LogP contribution < -0.4 is 0 Å². The zero-order valence-electron chi connectivity index (χ0n) is 6.43. The summed E-state index contributed by atoms with van der Waals surface area (Å²) < 4.78 is 3.83. The fourth-order valence-corrected chi connectivity index (χ4v) is 0.781. The van der Waals surface area contributed by atoms with E-state index in [0.29, 0.717) is 0 Å². The van der Waals surface area contributed by atoms with Gasteiger partial charge < -0.3 is 14.9 Å². The molecule has 0 aromatic heterocycles. The predicted octanol–water partition coefficient (Wildman–Crippen LogP) is 0.311. The van der Waals surface area contributed by atoms with Crippen LogP contribution in [0.15, 0.2) is 24.3 Å². The average molecular weight is 208 g/mol. The van der Waals surface area contributed by atoms with Crippen molar-refractivity contribution >= 4 is 35.2 Å². The van der Waals surface area contributed by atoms with Gasteiger partial charge in [0.25, 0.3) is 0 Å². The van der Waals surface area contributed by atoms with Gasteiger partial charge in [0.05, 0.1) is 0 Å². The predicted molar refractivity (Wildman–Crippen MR) is 50.1 cm³/mol. The molecule has 0 aliphatic rings. The second-order valence-corrected chi connectivity index (χ2v) is 2.17. The van der Waals surface area contributed by atoms with Crippen LogP contribution in [0.25, 0.3) is 0 Å². The smallest absolute Gasteiger partial charge is 0.507 e. The van der Waals surface area contributed by atoms with Gasteiger partial charge in [-0.1, -0.05) is 12.1 Å². The number of esters is 1. The lowest BCUT2D eigenvalue weighted by atomic mass is 10.2. The Kier molecular flexibility index (Phi) is 4.96. The molecule has 0 aliphatic heterocycles. The largest absolute Gasteiger partial charge is 0.513 e. The van der Waals surface area contributed by atoms with E-state index in [-0.39, 0.29) is 34.4 Å². The van der Waals surface area contributed by atoms with Crippen molar-refractivity contribution in [2.75, 3.05) is 0 Å². The summed E-state index contributed by atoms with van der Waals surface area (Å²) >= 11 is 0. The van der Waals surface area contributed by atoms with Gasteiger partial charge in [-0.25, -0.2) is 9.59 Å². The molecule has 0 fully saturated rings. The summed E-state index contributed by atoms with van der Waals surface area (Å²) in [5, 5.41) is 17.2. The van der Waals surface area contributed by atoms with Crippen molar-refractivity contribution in [2.45, 2.75) is 0 Å². The minimum absolute atomic E-state index is 0. The van der Waals surface area contributed by atoms with Crippen molar-refractivity contribution in [2.24, 2.45) is 0 Å². The van der Waals surface area contributed by atoms with E-state index in [2.05, 4.69) is 4.74 Å². The SMILES string of the molecule is O=C(O)OC(=O)c1ccccc1O.[MgH2]. The van der Waals surface area contributed by atoms with Crippen LogP contribution in [0, 0.1) is 0 Å². The van der Waals surface area contributed by atoms with Crippen LogP contribution in [0.3, 0.4) is 0 Å². The van der Waals surface area contributed by atoms with Gasteiger partial charge in [0.2, 0.25) is 0 Å². The maximum absolute atomic E-state index is 10.9. The molecule has 2 N–H and O–H groups in total. The summed E-state index contributed by atoms with van der Waals surface area (Å²) in [4.78, 5) is 20.9. The Morgan fingerprint density at radius 1 is 1.21 bits per heavy atom. The molecule has 0 saturated carbocycles. The van der Waals surface area contributed by atoms with Crippen molar-refractivity contribution in [3.8, 4) is 5.75 Å². The van der Waals surface area contributed by atoms with Gasteiger partial charge in [0.1, 0.15) is 11.3 Å². The van der Waals surface area contributed by atoms with Crippen LogP contribution in [-0.4, -0.2) is 45.4 Å². The van der Waals surface area contributed by atoms with E-state index in [9.17, 15) is 9.59 Å². The van der Waals surface area contributed by atoms with Crippen LogP contribution in [0.4, 0.5) is 4.79 Å². The number of carboxylic acid groups (broad SMARTS) is 1. The maximum Gasteiger partial charge on any atom is 0.513 e. The molecule has 1 rings (SSSR count). The average Bonchev–Trinajstić information content (AvgIpc) is 2.03. The molecule has 0 amide bonds. The van der Waals surface area contributed by atoms with Gasteiger partial charge in [-0.3, -0.25) is 0 Å². The maximum atomic E-state index is 10.9. The summed E-state index contributed by atoms with van der Waals surface area (Å²) in [6.07, 6.45) is -1.70. The van der Waals surface area contributed by atoms with Gasteiger partial charge >= 0.3 is 35.2 Å². The summed E-state index contributed by atoms with van der Waals surface area (Å²) in [6, 6.07) is 5.52. The van der Waals surface area contributed by atoms with E-state index in [1.54, 1.807) is 0 Å². The van der Waals surface area contributed by atoms with Gasteiger partial charge in [-0.2, -0.15) is 0 Å². The molecule has 1 aromatic carbocycles. The number of hydrogen-bond acceptors (Lipinski definition) is 4. The number of para-hydroxylation sites is 1. The van der Waals surface area contributed by atoms with Crippen molar-refractivity contribution in [1.29, 1.82) is 0 Å². The fourth-order valence-electron chi connectivity index (χ4n) is 0.781. The Bertz CT molecular complexity index is 349. The number of ether oxygens (including phenoxy) is 1. The van der Waals surface area contributed by atoms with Crippen LogP contribution in [0.2, 0.25) is 0 Å². The normalized spacial score (nSPS) is 8.57. The second-order valence-electron chi connectivity index (χ2n) is 2.17. The lowest BCUT2D eigenvalue weighted by Crippen LogP contribution is -2.09. The molecule has 72 valence electrons. The minimum Gasteiger partial charge on any atom is -0.507 e. The lowest BCUT2D eigenvalue weighted by Gasteiger charge is -2.00. The molecule has 0 radical (unpaired) electrons. The van der Waals surface area contributed by atoms with Crippen LogP contribution in [-0.2, 0) is 4.74 Å². The lowest BCUT2D eigenvalue weighted by molar-refractivity contribution is 0.0506. The first-order chi connectivity index (χ1) is 6.11. The number of benzene rings is 1. The number of hydrogen-bond donors (Lipinski definition) is 2. The second kappa shape index (κ2) is 5.46. The summed E-state index contributed by atoms with van der Waals surface area (Å²) in [5.74, 6) is -1.40. The fraction of sp³-hybridized carbons (Fsp3) is 0. The van der Waals surface area contributed by atoms with Gasteiger partial charge in [-0.05, 0) is 12.1 Å². The Labute approximate surface area is 95.5 Å². The highest BCUT2D eigenvalue weighted by Gasteiger charge is 2.14. The number of carbonyl (C=O) groups is 2. The van der Waals surface area contributed by atoms with Crippen molar-refractivity contribution in [3.05, 3.63) is 29.8 Å².